The van der Waals surface area contributed by atoms with Crippen LogP contribution in [0.4, 0.5) is 5.69 Å². The van der Waals surface area contributed by atoms with Gasteiger partial charge in [-0.1, -0.05) is 6.92 Å². The molecule has 2 aromatic rings. The molecule has 5 heteroatoms. The van der Waals surface area contributed by atoms with Crippen LogP contribution in [0.2, 0.25) is 0 Å². The second kappa shape index (κ2) is 5.91. The summed E-state index contributed by atoms with van der Waals surface area (Å²) in [6, 6.07) is 3.86. The summed E-state index contributed by atoms with van der Waals surface area (Å²) in [6.07, 6.45) is 8.42. The number of rotatable bonds is 5. The molecular weight excluding hydrogens is 244 g/mol. The third-order valence-electron chi connectivity index (χ3n) is 2.73. The molecule has 1 unspecified atom stereocenters. The van der Waals surface area contributed by atoms with Gasteiger partial charge in [0.1, 0.15) is 0 Å². The summed E-state index contributed by atoms with van der Waals surface area (Å²) >= 11 is 1.85. The first-order chi connectivity index (χ1) is 8.70. The van der Waals surface area contributed by atoms with Gasteiger partial charge in [0.05, 0.1) is 29.5 Å². The second-order valence-electron chi connectivity index (χ2n) is 4.45. The van der Waals surface area contributed by atoms with Crippen molar-refractivity contribution < 1.29 is 0 Å². The zero-order valence-electron chi connectivity index (χ0n) is 10.7. The average molecular weight is 262 g/mol. The van der Waals surface area contributed by atoms with E-state index < -0.39 is 0 Å². The van der Waals surface area contributed by atoms with Crippen molar-refractivity contribution >= 4 is 17.4 Å². The first-order valence-corrected chi connectivity index (χ1v) is 7.33. The van der Waals surface area contributed by atoms with E-state index >= 15 is 0 Å². The molecule has 18 heavy (non-hydrogen) atoms. The molecule has 2 aromatic heterocycles. The van der Waals surface area contributed by atoms with Gasteiger partial charge in [0.15, 0.2) is 0 Å². The van der Waals surface area contributed by atoms with Crippen molar-refractivity contribution in [1.82, 2.24) is 14.8 Å². The van der Waals surface area contributed by atoms with E-state index in [1.807, 2.05) is 30.1 Å². The van der Waals surface area contributed by atoms with Gasteiger partial charge in [0, 0.05) is 6.20 Å². The van der Waals surface area contributed by atoms with Gasteiger partial charge in [0.2, 0.25) is 0 Å². The lowest BCUT2D eigenvalue weighted by Gasteiger charge is -2.07. The smallest absolute Gasteiger partial charge is 0.0861 e. The SMILES string of the molecule is CSCC(C)Cc1nn(-c2cccnc2)cc1N. The summed E-state index contributed by atoms with van der Waals surface area (Å²) < 4.78 is 1.80. The number of aromatic nitrogens is 3. The van der Waals surface area contributed by atoms with E-state index in [1.54, 1.807) is 17.1 Å². The molecule has 0 spiro atoms. The topological polar surface area (TPSA) is 56.7 Å². The minimum atomic E-state index is 0.583. The van der Waals surface area contributed by atoms with Gasteiger partial charge in [-0.3, -0.25) is 4.98 Å². The lowest BCUT2D eigenvalue weighted by Crippen LogP contribution is -2.05. The van der Waals surface area contributed by atoms with Crippen molar-refractivity contribution in [1.29, 1.82) is 0 Å². The molecule has 2 heterocycles. The van der Waals surface area contributed by atoms with Crippen molar-refractivity contribution in [2.75, 3.05) is 17.7 Å². The number of thioether (sulfide) groups is 1. The van der Waals surface area contributed by atoms with E-state index in [9.17, 15) is 0 Å². The van der Waals surface area contributed by atoms with E-state index in [0.29, 0.717) is 5.92 Å². The van der Waals surface area contributed by atoms with Crippen LogP contribution in [-0.2, 0) is 6.42 Å². The number of nitrogens with zero attached hydrogens (tertiary/aromatic N) is 3. The molecule has 2 N–H and O–H groups in total. The van der Waals surface area contributed by atoms with Crippen molar-refractivity contribution in [3.8, 4) is 5.69 Å². The van der Waals surface area contributed by atoms with Crippen LogP contribution in [0.3, 0.4) is 0 Å². The fraction of sp³-hybridized carbons (Fsp3) is 0.385. The van der Waals surface area contributed by atoms with Gasteiger partial charge in [-0.15, -0.1) is 0 Å². The largest absolute Gasteiger partial charge is 0.396 e. The molecule has 0 saturated heterocycles. The first kappa shape index (κ1) is 13.0. The van der Waals surface area contributed by atoms with Crippen LogP contribution in [0.1, 0.15) is 12.6 Å². The van der Waals surface area contributed by atoms with Crippen LogP contribution in [0, 0.1) is 5.92 Å². The molecular formula is C13H18N4S. The molecule has 0 amide bonds. The molecule has 0 fully saturated rings. The number of nitrogens with two attached hydrogens (primary N) is 1. The summed E-state index contributed by atoms with van der Waals surface area (Å²) in [5.41, 5.74) is 8.68. The maximum Gasteiger partial charge on any atom is 0.0861 e. The molecule has 4 nitrogen and oxygen atoms in total. The van der Waals surface area contributed by atoms with Gasteiger partial charge in [0.25, 0.3) is 0 Å². The van der Waals surface area contributed by atoms with E-state index in [2.05, 4.69) is 23.3 Å². The van der Waals surface area contributed by atoms with Gasteiger partial charge in [-0.05, 0) is 36.5 Å². The van der Waals surface area contributed by atoms with Crippen LogP contribution in [-0.4, -0.2) is 26.8 Å². The Balaban J connectivity index is 2.17. The summed E-state index contributed by atoms with van der Waals surface area (Å²) in [4.78, 5) is 4.09. The second-order valence-corrected chi connectivity index (χ2v) is 5.36. The summed E-state index contributed by atoms with van der Waals surface area (Å²) in [7, 11) is 0. The minimum absolute atomic E-state index is 0.583. The fourth-order valence-electron chi connectivity index (χ4n) is 1.88. The third kappa shape index (κ3) is 3.04. The third-order valence-corrected chi connectivity index (χ3v) is 3.63. The van der Waals surface area contributed by atoms with Gasteiger partial charge >= 0.3 is 0 Å². The van der Waals surface area contributed by atoms with Gasteiger partial charge in [-0.2, -0.15) is 16.9 Å². The molecule has 0 aliphatic heterocycles. The predicted octanol–water partition coefficient (Wildman–Crippen LogP) is 2.39. The average Bonchev–Trinajstić information content (AvgIpc) is 2.72. The van der Waals surface area contributed by atoms with Crippen LogP contribution in [0.25, 0.3) is 5.69 Å². The zero-order chi connectivity index (χ0) is 13.0. The lowest BCUT2D eigenvalue weighted by molar-refractivity contribution is 0.639. The predicted molar refractivity (Wildman–Crippen MR) is 77.0 cm³/mol. The monoisotopic (exact) mass is 262 g/mol. The Morgan fingerprint density at radius 2 is 2.33 bits per heavy atom. The van der Waals surface area contributed by atoms with Crippen LogP contribution in [0.5, 0.6) is 0 Å². The maximum atomic E-state index is 6.01. The lowest BCUT2D eigenvalue weighted by atomic mass is 10.1. The van der Waals surface area contributed by atoms with Crippen molar-refractivity contribution in [3.63, 3.8) is 0 Å². The van der Waals surface area contributed by atoms with E-state index in [-0.39, 0.29) is 0 Å². The zero-order valence-corrected chi connectivity index (χ0v) is 11.5. The van der Waals surface area contributed by atoms with Gasteiger partial charge in [-0.25, -0.2) is 4.68 Å². The molecule has 0 bridgehead atoms. The van der Waals surface area contributed by atoms with E-state index in [4.69, 9.17) is 5.73 Å². The molecule has 0 saturated carbocycles. The van der Waals surface area contributed by atoms with Crippen LogP contribution < -0.4 is 5.73 Å². The quantitative estimate of drug-likeness (QED) is 0.899. The van der Waals surface area contributed by atoms with Crippen molar-refractivity contribution in [2.24, 2.45) is 5.92 Å². The van der Waals surface area contributed by atoms with Gasteiger partial charge < -0.3 is 5.73 Å². The highest BCUT2D eigenvalue weighted by Crippen LogP contribution is 2.18. The molecule has 96 valence electrons. The Morgan fingerprint density at radius 3 is 3.00 bits per heavy atom. The van der Waals surface area contributed by atoms with Crippen molar-refractivity contribution in [3.05, 3.63) is 36.4 Å². The summed E-state index contributed by atoms with van der Waals surface area (Å²) in [5, 5.41) is 4.54. The Bertz CT molecular complexity index is 495. The van der Waals surface area contributed by atoms with Crippen LogP contribution in [0.15, 0.2) is 30.7 Å². The van der Waals surface area contributed by atoms with Crippen molar-refractivity contribution in [2.45, 2.75) is 13.3 Å². The number of hydrogen-bond donors (Lipinski definition) is 1. The minimum Gasteiger partial charge on any atom is -0.396 e. The highest BCUT2D eigenvalue weighted by Gasteiger charge is 2.11. The standard InChI is InChI=1S/C13H18N4S/c1-10(9-18-2)6-13-12(14)8-17(16-13)11-4-3-5-15-7-11/h3-5,7-8,10H,6,9,14H2,1-2H3. The molecule has 0 aromatic carbocycles. The Kier molecular flexibility index (Phi) is 4.25. The molecule has 0 aliphatic carbocycles. The van der Waals surface area contributed by atoms with Crippen LogP contribution >= 0.6 is 11.8 Å². The Hall–Kier alpha value is -1.49. The summed E-state index contributed by atoms with van der Waals surface area (Å²) in [6.45, 7) is 2.22. The molecule has 0 aliphatic rings. The van der Waals surface area contributed by atoms with E-state index in [0.717, 1.165) is 29.2 Å². The normalized spacial score (nSPS) is 12.6. The highest BCUT2D eigenvalue weighted by molar-refractivity contribution is 7.98. The maximum absolute atomic E-state index is 6.01. The molecule has 0 radical (unpaired) electrons. The fourth-order valence-corrected chi connectivity index (χ4v) is 2.56. The number of pyridine rings is 1. The molecule has 1 atom stereocenters. The number of hydrogen-bond acceptors (Lipinski definition) is 4. The Morgan fingerprint density at radius 1 is 1.50 bits per heavy atom. The van der Waals surface area contributed by atoms with E-state index in [1.165, 1.54) is 0 Å². The Labute approximate surface area is 112 Å². The highest BCUT2D eigenvalue weighted by atomic mass is 32.2. The summed E-state index contributed by atoms with van der Waals surface area (Å²) in [5.74, 6) is 1.71. The number of nitrogen functional groups attached to an aromatic ring is 1. The molecule has 2 rings (SSSR count). The first-order valence-electron chi connectivity index (χ1n) is 5.94. The number of anilines is 1.